The standard InChI is InChI=1S/C41H78NO10P/c1-3-5-7-9-11-13-15-16-17-18-19-20-21-23-25-27-29-31-33-40(44)52-37(35-50-53(47,48)51-36-38(42)41(45)46)34-49-39(43)32-30-28-26-24-22-14-12-10-8-6-4-2/h10,12,37-38H,3-9,11,13-36,42H2,1-2H3,(H,45,46)(H,47,48)/b12-10-/t37-,38+/m1/s1. The number of aliphatic carboxylic acids is 1. The highest BCUT2D eigenvalue weighted by Gasteiger charge is 2.28. The fraction of sp³-hybridized carbons (Fsp3) is 0.878. The summed E-state index contributed by atoms with van der Waals surface area (Å²) in [4.78, 5) is 45.8. The van der Waals surface area contributed by atoms with E-state index in [0.29, 0.717) is 12.8 Å². The van der Waals surface area contributed by atoms with E-state index in [9.17, 15) is 23.8 Å². The van der Waals surface area contributed by atoms with Gasteiger partial charge in [-0.25, -0.2) is 4.57 Å². The maximum absolute atomic E-state index is 12.6. The number of phosphoric acid groups is 1. The van der Waals surface area contributed by atoms with Crippen LogP contribution in [0.2, 0.25) is 0 Å². The van der Waals surface area contributed by atoms with Gasteiger partial charge in [0.25, 0.3) is 0 Å². The lowest BCUT2D eigenvalue weighted by atomic mass is 10.0. The van der Waals surface area contributed by atoms with Crippen molar-refractivity contribution < 1.29 is 47.5 Å². The van der Waals surface area contributed by atoms with E-state index in [2.05, 4.69) is 30.5 Å². The summed E-state index contributed by atoms with van der Waals surface area (Å²) in [5.41, 5.74) is 5.32. The zero-order valence-corrected chi connectivity index (χ0v) is 34.5. The molecule has 0 heterocycles. The first-order valence-electron chi connectivity index (χ1n) is 21.2. The van der Waals surface area contributed by atoms with Gasteiger partial charge >= 0.3 is 25.7 Å². The molecule has 0 aliphatic rings. The number of hydrogen-bond donors (Lipinski definition) is 3. The van der Waals surface area contributed by atoms with Gasteiger partial charge in [0.1, 0.15) is 12.6 Å². The molecule has 11 nitrogen and oxygen atoms in total. The summed E-state index contributed by atoms with van der Waals surface area (Å²) in [6.45, 7) is 2.77. The lowest BCUT2D eigenvalue weighted by Crippen LogP contribution is -2.34. The fourth-order valence-electron chi connectivity index (χ4n) is 5.87. The molecule has 0 aromatic carbocycles. The minimum atomic E-state index is -4.71. The molecule has 1 unspecified atom stereocenters. The zero-order chi connectivity index (χ0) is 39.3. The Labute approximate surface area is 322 Å². The van der Waals surface area contributed by atoms with Crippen LogP contribution in [0.1, 0.15) is 200 Å². The van der Waals surface area contributed by atoms with Gasteiger partial charge in [-0.3, -0.25) is 23.4 Å². The molecule has 0 aromatic rings. The van der Waals surface area contributed by atoms with Gasteiger partial charge in [0.05, 0.1) is 13.2 Å². The molecule has 12 heteroatoms. The smallest absolute Gasteiger partial charge is 0.472 e. The van der Waals surface area contributed by atoms with Crippen LogP contribution in [0.4, 0.5) is 0 Å². The second kappa shape index (κ2) is 37.2. The van der Waals surface area contributed by atoms with E-state index in [0.717, 1.165) is 57.8 Å². The molecule has 0 saturated carbocycles. The van der Waals surface area contributed by atoms with Crippen LogP contribution in [0.3, 0.4) is 0 Å². The molecular weight excluding hydrogens is 697 g/mol. The minimum absolute atomic E-state index is 0.165. The van der Waals surface area contributed by atoms with Gasteiger partial charge in [0.15, 0.2) is 6.10 Å². The molecule has 53 heavy (non-hydrogen) atoms. The average molecular weight is 776 g/mol. The largest absolute Gasteiger partial charge is 0.480 e. The predicted octanol–water partition coefficient (Wildman–Crippen LogP) is 10.9. The van der Waals surface area contributed by atoms with E-state index in [1.54, 1.807) is 0 Å². The van der Waals surface area contributed by atoms with Crippen LogP contribution in [0.25, 0.3) is 0 Å². The first kappa shape index (κ1) is 51.2. The Kier molecular flexibility index (Phi) is 35.9. The number of ether oxygens (including phenoxy) is 2. The number of esters is 2. The van der Waals surface area contributed by atoms with Crippen LogP contribution in [0, 0.1) is 0 Å². The summed E-state index contributed by atoms with van der Waals surface area (Å²) >= 11 is 0. The topological polar surface area (TPSA) is 172 Å². The molecule has 0 rings (SSSR count). The second-order valence-electron chi connectivity index (χ2n) is 14.5. The first-order valence-corrected chi connectivity index (χ1v) is 22.7. The van der Waals surface area contributed by atoms with Crippen LogP contribution in [0.5, 0.6) is 0 Å². The number of carbonyl (C=O) groups excluding carboxylic acids is 2. The molecule has 0 amide bonds. The molecule has 4 N–H and O–H groups in total. The molecule has 0 aromatic heterocycles. The van der Waals surface area contributed by atoms with Gasteiger partial charge in [-0.15, -0.1) is 0 Å². The van der Waals surface area contributed by atoms with Gasteiger partial charge < -0.3 is 25.2 Å². The predicted molar refractivity (Wildman–Crippen MR) is 213 cm³/mol. The first-order chi connectivity index (χ1) is 25.6. The van der Waals surface area contributed by atoms with E-state index < -0.39 is 51.1 Å². The third-order valence-corrected chi connectivity index (χ3v) is 10.2. The Balaban J connectivity index is 4.31. The van der Waals surface area contributed by atoms with Crippen LogP contribution < -0.4 is 5.73 Å². The Hall–Kier alpha value is -1.78. The summed E-state index contributed by atoms with van der Waals surface area (Å²) in [5.74, 6) is -2.38. The van der Waals surface area contributed by atoms with Crippen molar-refractivity contribution in [2.24, 2.45) is 5.73 Å². The number of carboxylic acid groups (broad SMARTS) is 1. The number of hydrogen-bond acceptors (Lipinski definition) is 9. The Bertz CT molecular complexity index is 963. The van der Waals surface area contributed by atoms with Crippen LogP contribution in [-0.2, 0) is 37.5 Å². The van der Waals surface area contributed by atoms with Crippen molar-refractivity contribution in [1.82, 2.24) is 0 Å². The number of allylic oxidation sites excluding steroid dienone is 2. The number of nitrogens with two attached hydrogens (primary N) is 1. The highest BCUT2D eigenvalue weighted by molar-refractivity contribution is 7.47. The molecule has 3 atom stereocenters. The fourth-order valence-corrected chi connectivity index (χ4v) is 6.65. The molecule has 0 aliphatic heterocycles. The minimum Gasteiger partial charge on any atom is -0.480 e. The summed E-state index contributed by atoms with van der Waals surface area (Å²) in [5, 5.41) is 8.87. The molecular formula is C41H78NO10P. The molecule has 0 fully saturated rings. The van der Waals surface area contributed by atoms with Crippen LogP contribution in [-0.4, -0.2) is 59.9 Å². The van der Waals surface area contributed by atoms with Gasteiger partial charge in [-0.1, -0.05) is 167 Å². The van der Waals surface area contributed by atoms with Crippen molar-refractivity contribution in [3.8, 4) is 0 Å². The summed E-state index contributed by atoms with van der Waals surface area (Å²) < 4.78 is 32.6. The van der Waals surface area contributed by atoms with Crippen molar-refractivity contribution in [3.63, 3.8) is 0 Å². The maximum Gasteiger partial charge on any atom is 0.472 e. The molecule has 312 valence electrons. The summed E-state index contributed by atoms with van der Waals surface area (Å²) in [7, 11) is -4.71. The van der Waals surface area contributed by atoms with E-state index in [4.69, 9.17) is 24.8 Å². The molecule has 0 radical (unpaired) electrons. The molecule has 0 saturated heterocycles. The van der Waals surface area contributed by atoms with Crippen molar-refractivity contribution in [2.75, 3.05) is 19.8 Å². The van der Waals surface area contributed by atoms with Crippen molar-refractivity contribution in [2.45, 2.75) is 212 Å². The molecule has 0 spiro atoms. The molecule has 0 bridgehead atoms. The van der Waals surface area contributed by atoms with E-state index in [1.807, 2.05) is 0 Å². The van der Waals surface area contributed by atoms with Gasteiger partial charge in [0.2, 0.25) is 0 Å². The monoisotopic (exact) mass is 776 g/mol. The van der Waals surface area contributed by atoms with E-state index >= 15 is 0 Å². The van der Waals surface area contributed by atoms with Gasteiger partial charge in [-0.05, 0) is 32.1 Å². The number of carboxylic acids is 1. The SMILES string of the molecule is CCCC/C=C\CCCCCCCC(=O)OC[C@H](COP(=O)(O)OC[C@H](N)C(=O)O)OC(=O)CCCCCCCCCCCCCCCCCCCC. The quantitative estimate of drug-likeness (QED) is 0.0234. The van der Waals surface area contributed by atoms with Gasteiger partial charge in [0, 0.05) is 12.8 Å². The highest BCUT2D eigenvalue weighted by Crippen LogP contribution is 2.43. The van der Waals surface area contributed by atoms with E-state index in [1.165, 1.54) is 103 Å². The van der Waals surface area contributed by atoms with Gasteiger partial charge in [-0.2, -0.15) is 0 Å². The van der Waals surface area contributed by atoms with Crippen molar-refractivity contribution in [1.29, 1.82) is 0 Å². The zero-order valence-electron chi connectivity index (χ0n) is 33.6. The van der Waals surface area contributed by atoms with E-state index in [-0.39, 0.29) is 19.4 Å². The Morgan fingerprint density at radius 2 is 0.962 bits per heavy atom. The Morgan fingerprint density at radius 3 is 1.43 bits per heavy atom. The number of unbranched alkanes of at least 4 members (excludes halogenated alkanes) is 24. The number of carbonyl (C=O) groups is 3. The third kappa shape index (κ3) is 36.9. The van der Waals surface area contributed by atoms with Crippen molar-refractivity contribution in [3.05, 3.63) is 12.2 Å². The number of rotatable bonds is 40. The van der Waals surface area contributed by atoms with Crippen LogP contribution in [0.15, 0.2) is 12.2 Å². The maximum atomic E-state index is 12.6. The molecule has 0 aliphatic carbocycles. The lowest BCUT2D eigenvalue weighted by Gasteiger charge is -2.20. The lowest BCUT2D eigenvalue weighted by molar-refractivity contribution is -0.161. The normalized spacial score (nSPS) is 13.9. The average Bonchev–Trinajstić information content (AvgIpc) is 3.13. The summed E-state index contributed by atoms with van der Waals surface area (Å²) in [6.07, 6.45) is 35.7. The van der Waals surface area contributed by atoms with Crippen molar-refractivity contribution >= 4 is 25.7 Å². The summed E-state index contributed by atoms with van der Waals surface area (Å²) in [6, 6.07) is -1.52. The van der Waals surface area contributed by atoms with Crippen LogP contribution >= 0.6 is 7.82 Å². The second-order valence-corrected chi connectivity index (χ2v) is 15.9. The number of phosphoric ester groups is 1. The highest BCUT2D eigenvalue weighted by atomic mass is 31.2. The Morgan fingerprint density at radius 1 is 0.566 bits per heavy atom. The third-order valence-electron chi connectivity index (χ3n) is 9.26.